The number of anilines is 3. The van der Waals surface area contributed by atoms with Gasteiger partial charge in [0.25, 0.3) is 0 Å². The lowest BCUT2D eigenvalue weighted by Crippen LogP contribution is -2.11. The van der Waals surface area contributed by atoms with Gasteiger partial charge in [-0.2, -0.15) is 0 Å². The molecule has 1 heterocycles. The summed E-state index contributed by atoms with van der Waals surface area (Å²) in [5.41, 5.74) is 8.43. The zero-order valence-corrected chi connectivity index (χ0v) is 25.1. The predicted octanol–water partition coefficient (Wildman–Crippen LogP) is 12.2. The molecule has 0 aliphatic rings. The van der Waals surface area contributed by atoms with Crippen molar-refractivity contribution in [1.82, 2.24) is 0 Å². The molecule has 0 saturated heterocycles. The lowest BCUT2D eigenvalue weighted by Gasteiger charge is -2.28. The van der Waals surface area contributed by atoms with E-state index in [-0.39, 0.29) is 0 Å². The highest BCUT2D eigenvalue weighted by atomic mass is 32.1. The minimum atomic E-state index is 1.15. The predicted molar refractivity (Wildman–Crippen MR) is 173 cm³/mol. The first kappa shape index (κ1) is 30.6. The first-order valence-electron chi connectivity index (χ1n) is 13.9. The molecule has 38 heavy (non-hydrogen) atoms. The first-order valence-corrected chi connectivity index (χ1v) is 14.7. The third kappa shape index (κ3) is 7.69. The second-order valence-corrected chi connectivity index (χ2v) is 9.30. The molecule has 2 heteroatoms. The van der Waals surface area contributed by atoms with E-state index in [1.54, 1.807) is 0 Å². The zero-order valence-electron chi connectivity index (χ0n) is 24.3. The molecular formula is C36H43NS. The van der Waals surface area contributed by atoms with Crippen LogP contribution < -0.4 is 4.90 Å². The van der Waals surface area contributed by atoms with Gasteiger partial charge >= 0.3 is 0 Å². The molecule has 0 bridgehead atoms. The number of benzene rings is 4. The van der Waals surface area contributed by atoms with Crippen LogP contribution in [-0.4, -0.2) is 0 Å². The highest BCUT2D eigenvalue weighted by Crippen LogP contribution is 2.41. The van der Waals surface area contributed by atoms with E-state index >= 15 is 0 Å². The van der Waals surface area contributed by atoms with Crippen molar-refractivity contribution >= 4 is 28.4 Å². The Morgan fingerprint density at radius 3 is 1.47 bits per heavy atom. The van der Waals surface area contributed by atoms with E-state index in [9.17, 15) is 0 Å². The number of para-hydroxylation sites is 2. The van der Waals surface area contributed by atoms with Crippen LogP contribution in [-0.2, 0) is 0 Å². The van der Waals surface area contributed by atoms with E-state index in [4.69, 9.17) is 0 Å². The maximum atomic E-state index is 2.35. The van der Waals surface area contributed by atoms with Gasteiger partial charge in [0, 0.05) is 26.7 Å². The summed E-state index contributed by atoms with van der Waals surface area (Å²) in [7, 11) is 0. The minimum absolute atomic E-state index is 1.15. The molecule has 0 atom stereocenters. The maximum Gasteiger partial charge on any atom is 0.0542 e. The van der Waals surface area contributed by atoms with Crippen molar-refractivity contribution in [2.75, 3.05) is 4.90 Å². The van der Waals surface area contributed by atoms with Crippen molar-refractivity contribution in [1.29, 1.82) is 0 Å². The van der Waals surface area contributed by atoms with E-state index in [0.717, 1.165) is 11.4 Å². The van der Waals surface area contributed by atoms with Crippen LogP contribution in [0.1, 0.15) is 52.0 Å². The number of hydrogen-bond donors (Lipinski definition) is 0. The standard InChI is InChI=1S/C30H25NS.3C2H6/c1-22-13-19-28(24-15-17-25(18-16-24)30-20-14-23(2)32-30)29(21-22)31(26-9-5-3-6-10-26)27-11-7-4-8-12-27;3*1-2/h3-21H,1-2H3;3*1-2H3. The fourth-order valence-electron chi connectivity index (χ4n) is 4.06. The van der Waals surface area contributed by atoms with Gasteiger partial charge in [0.05, 0.1) is 5.69 Å². The minimum Gasteiger partial charge on any atom is -0.310 e. The monoisotopic (exact) mass is 521 g/mol. The van der Waals surface area contributed by atoms with Crippen molar-refractivity contribution < 1.29 is 0 Å². The number of rotatable bonds is 5. The van der Waals surface area contributed by atoms with Crippen molar-refractivity contribution in [3.63, 3.8) is 0 Å². The molecule has 0 saturated carbocycles. The topological polar surface area (TPSA) is 3.24 Å². The second kappa shape index (κ2) is 16.3. The Hall–Kier alpha value is -3.62. The molecule has 5 aromatic rings. The maximum absolute atomic E-state index is 2.35. The molecule has 198 valence electrons. The van der Waals surface area contributed by atoms with Crippen molar-refractivity contribution in [3.8, 4) is 21.6 Å². The highest BCUT2D eigenvalue weighted by Gasteiger charge is 2.17. The van der Waals surface area contributed by atoms with Crippen LogP contribution in [0.5, 0.6) is 0 Å². The molecule has 0 N–H and O–H groups in total. The Labute approximate surface area is 235 Å². The Kier molecular flexibility index (Phi) is 13.1. The normalized spacial score (nSPS) is 9.58. The third-order valence-corrected chi connectivity index (χ3v) is 6.69. The quantitative estimate of drug-likeness (QED) is 0.222. The van der Waals surface area contributed by atoms with Crippen LogP contribution in [0.4, 0.5) is 17.1 Å². The van der Waals surface area contributed by atoms with Crippen LogP contribution in [0.2, 0.25) is 0 Å². The van der Waals surface area contributed by atoms with Crippen molar-refractivity contribution in [2.45, 2.75) is 55.4 Å². The highest BCUT2D eigenvalue weighted by molar-refractivity contribution is 7.15. The summed E-state index contributed by atoms with van der Waals surface area (Å²) in [5.74, 6) is 0. The summed E-state index contributed by atoms with van der Waals surface area (Å²) in [6.07, 6.45) is 0. The van der Waals surface area contributed by atoms with E-state index in [1.807, 2.05) is 52.9 Å². The summed E-state index contributed by atoms with van der Waals surface area (Å²) >= 11 is 1.84. The van der Waals surface area contributed by atoms with Gasteiger partial charge in [-0.1, -0.05) is 114 Å². The average Bonchev–Trinajstić information content (AvgIpc) is 3.44. The van der Waals surface area contributed by atoms with Crippen LogP contribution in [0.25, 0.3) is 21.6 Å². The molecule has 5 rings (SSSR count). The van der Waals surface area contributed by atoms with E-state index in [0.29, 0.717) is 0 Å². The summed E-state index contributed by atoms with van der Waals surface area (Å²) in [5, 5.41) is 0. The molecule has 0 fully saturated rings. The summed E-state index contributed by atoms with van der Waals surface area (Å²) in [6.45, 7) is 16.3. The van der Waals surface area contributed by atoms with Gasteiger partial charge in [-0.05, 0) is 73.0 Å². The molecule has 0 amide bonds. The van der Waals surface area contributed by atoms with Gasteiger partial charge in [0.1, 0.15) is 0 Å². The fraction of sp³-hybridized carbons (Fsp3) is 0.222. The van der Waals surface area contributed by atoms with Gasteiger partial charge in [-0.15, -0.1) is 11.3 Å². The molecule has 0 unspecified atom stereocenters. The molecular weight excluding hydrogens is 478 g/mol. The SMILES string of the molecule is CC.CC.CC.Cc1ccc(-c2ccc(-c3ccc(C)s3)cc2)c(N(c2ccccc2)c2ccccc2)c1. The lowest BCUT2D eigenvalue weighted by molar-refractivity contribution is 1.27. The molecule has 1 aromatic heterocycles. The molecule has 1 nitrogen and oxygen atoms in total. The molecule has 4 aromatic carbocycles. The van der Waals surface area contributed by atoms with Gasteiger partial charge in [0.2, 0.25) is 0 Å². The Bertz CT molecular complexity index is 1280. The summed E-state index contributed by atoms with van der Waals surface area (Å²) in [4.78, 5) is 5.00. The third-order valence-electron chi connectivity index (χ3n) is 5.64. The van der Waals surface area contributed by atoms with Crippen molar-refractivity contribution in [3.05, 3.63) is 126 Å². The summed E-state index contributed by atoms with van der Waals surface area (Å²) in [6, 6.07) is 41.3. The fourth-order valence-corrected chi connectivity index (χ4v) is 4.93. The Morgan fingerprint density at radius 1 is 0.500 bits per heavy atom. The Morgan fingerprint density at radius 2 is 1.00 bits per heavy atom. The lowest BCUT2D eigenvalue weighted by atomic mass is 9.98. The molecule has 0 spiro atoms. The zero-order chi connectivity index (χ0) is 27.9. The van der Waals surface area contributed by atoms with Crippen LogP contribution in [0, 0.1) is 13.8 Å². The number of hydrogen-bond acceptors (Lipinski definition) is 2. The van der Waals surface area contributed by atoms with Gasteiger partial charge in [-0.3, -0.25) is 0 Å². The van der Waals surface area contributed by atoms with Gasteiger partial charge in [-0.25, -0.2) is 0 Å². The summed E-state index contributed by atoms with van der Waals surface area (Å²) < 4.78 is 0. The van der Waals surface area contributed by atoms with Gasteiger partial charge in [0.15, 0.2) is 0 Å². The van der Waals surface area contributed by atoms with E-state index in [2.05, 4.69) is 134 Å². The number of aryl methyl sites for hydroxylation is 2. The second-order valence-electron chi connectivity index (χ2n) is 8.01. The van der Waals surface area contributed by atoms with Crippen LogP contribution in [0.15, 0.2) is 115 Å². The molecule has 0 radical (unpaired) electrons. The Balaban J connectivity index is 0.000000791. The van der Waals surface area contributed by atoms with E-state index < -0.39 is 0 Å². The average molecular weight is 522 g/mol. The van der Waals surface area contributed by atoms with Crippen LogP contribution >= 0.6 is 11.3 Å². The largest absolute Gasteiger partial charge is 0.310 e. The smallest absolute Gasteiger partial charge is 0.0542 e. The van der Waals surface area contributed by atoms with E-state index in [1.165, 1.54) is 37.7 Å². The van der Waals surface area contributed by atoms with Gasteiger partial charge < -0.3 is 4.90 Å². The van der Waals surface area contributed by atoms with Crippen LogP contribution in [0.3, 0.4) is 0 Å². The number of nitrogens with zero attached hydrogens (tertiary/aromatic N) is 1. The number of thiophene rings is 1. The first-order chi connectivity index (χ1) is 18.7. The molecule has 0 aliphatic carbocycles. The van der Waals surface area contributed by atoms with Crippen molar-refractivity contribution in [2.24, 2.45) is 0 Å². The molecule has 0 aliphatic heterocycles.